The summed E-state index contributed by atoms with van der Waals surface area (Å²) in [4.78, 5) is 11.6. The second-order valence-electron chi connectivity index (χ2n) is 4.98. The lowest BCUT2D eigenvalue weighted by molar-refractivity contribution is 0.0245. The molecule has 0 spiro atoms. The van der Waals surface area contributed by atoms with Crippen LogP contribution in [-0.4, -0.2) is 25.9 Å². The molecule has 4 heteroatoms. The topological polar surface area (TPSA) is 47.6 Å². The highest BCUT2D eigenvalue weighted by Crippen LogP contribution is 2.28. The zero-order valence-electron chi connectivity index (χ0n) is 10.6. The average molecular weight is 249 g/mol. The van der Waals surface area contributed by atoms with Crippen molar-refractivity contribution >= 4 is 6.09 Å². The lowest BCUT2D eigenvalue weighted by Gasteiger charge is -2.33. The first-order valence-corrected chi connectivity index (χ1v) is 6.26. The van der Waals surface area contributed by atoms with Gasteiger partial charge in [-0.2, -0.15) is 0 Å². The van der Waals surface area contributed by atoms with E-state index >= 15 is 0 Å². The molecule has 0 atom stereocenters. The molecule has 0 aliphatic carbocycles. The minimum absolute atomic E-state index is 0.119. The van der Waals surface area contributed by atoms with Gasteiger partial charge in [-0.05, 0) is 30.4 Å². The molecule has 1 amide bonds. The molecule has 4 nitrogen and oxygen atoms in total. The Kier molecular flexibility index (Phi) is 4.20. The fourth-order valence-electron chi connectivity index (χ4n) is 1.96. The summed E-state index contributed by atoms with van der Waals surface area (Å²) in [7, 11) is 0. The summed E-state index contributed by atoms with van der Waals surface area (Å²) in [5, 5.41) is 2.82. The van der Waals surface area contributed by atoms with Crippen molar-refractivity contribution in [1.29, 1.82) is 0 Å². The summed E-state index contributed by atoms with van der Waals surface area (Å²) in [6, 6.07) is 9.07. The Morgan fingerprint density at radius 2 is 2.00 bits per heavy atom. The van der Waals surface area contributed by atoms with E-state index in [1.807, 2.05) is 18.2 Å². The van der Waals surface area contributed by atoms with Gasteiger partial charge in [0.15, 0.2) is 0 Å². The molecule has 1 aliphatic heterocycles. The molecule has 18 heavy (non-hydrogen) atoms. The fraction of sp³-hybridized carbons (Fsp3) is 0.500. The Hall–Kier alpha value is -1.55. The van der Waals surface area contributed by atoms with E-state index < -0.39 is 6.09 Å². The van der Waals surface area contributed by atoms with Crippen molar-refractivity contribution in [3.63, 3.8) is 0 Å². The Bertz CT molecular complexity index is 385. The molecule has 0 aromatic heterocycles. The van der Waals surface area contributed by atoms with Crippen molar-refractivity contribution in [2.24, 2.45) is 5.41 Å². The van der Waals surface area contributed by atoms with E-state index in [0.717, 1.165) is 26.1 Å². The summed E-state index contributed by atoms with van der Waals surface area (Å²) in [6.45, 7) is 4.33. The zero-order chi connectivity index (χ0) is 12.8. The highest BCUT2D eigenvalue weighted by atomic mass is 16.6. The summed E-state index contributed by atoms with van der Waals surface area (Å²) >= 11 is 0. The fourth-order valence-corrected chi connectivity index (χ4v) is 1.96. The van der Waals surface area contributed by atoms with Crippen LogP contribution in [0.15, 0.2) is 30.3 Å². The second-order valence-corrected chi connectivity index (χ2v) is 4.98. The number of carbonyl (C=O) groups excluding carboxylic acids is 1. The molecule has 0 unspecified atom stereocenters. The lowest BCUT2D eigenvalue weighted by Crippen LogP contribution is -2.40. The molecule has 1 saturated heterocycles. The third-order valence-corrected chi connectivity index (χ3v) is 3.31. The summed E-state index contributed by atoms with van der Waals surface area (Å²) < 4.78 is 10.5. The van der Waals surface area contributed by atoms with Gasteiger partial charge in [-0.25, -0.2) is 4.79 Å². The van der Waals surface area contributed by atoms with E-state index in [1.165, 1.54) is 0 Å². The molecular weight excluding hydrogens is 230 g/mol. The van der Waals surface area contributed by atoms with E-state index in [0.29, 0.717) is 12.3 Å². The normalized spacial score (nSPS) is 18.1. The van der Waals surface area contributed by atoms with E-state index in [1.54, 1.807) is 12.1 Å². The summed E-state index contributed by atoms with van der Waals surface area (Å²) in [5.74, 6) is 0.562. The molecule has 1 fully saturated rings. The molecule has 1 aromatic rings. The molecular formula is C14H19NO3. The van der Waals surface area contributed by atoms with Crippen molar-refractivity contribution in [2.45, 2.75) is 19.8 Å². The Morgan fingerprint density at radius 1 is 1.33 bits per heavy atom. The van der Waals surface area contributed by atoms with Crippen molar-refractivity contribution in [2.75, 3.05) is 19.8 Å². The molecule has 0 bridgehead atoms. The predicted molar refractivity (Wildman–Crippen MR) is 68.6 cm³/mol. The van der Waals surface area contributed by atoms with Gasteiger partial charge >= 0.3 is 6.09 Å². The van der Waals surface area contributed by atoms with Crippen LogP contribution >= 0.6 is 0 Å². The van der Waals surface area contributed by atoms with Gasteiger partial charge in [-0.15, -0.1) is 0 Å². The largest absolute Gasteiger partial charge is 0.412 e. The monoisotopic (exact) mass is 249 g/mol. The maximum absolute atomic E-state index is 11.6. The first-order valence-electron chi connectivity index (χ1n) is 6.26. The average Bonchev–Trinajstić information content (AvgIpc) is 2.39. The van der Waals surface area contributed by atoms with Gasteiger partial charge in [-0.1, -0.05) is 25.1 Å². The van der Waals surface area contributed by atoms with Crippen LogP contribution in [0, 0.1) is 5.41 Å². The molecule has 1 N–H and O–H groups in total. The standard InChI is InChI=1S/C14H19NO3/c1-14(7-9-17-10-8-14)11-15-13(16)18-12-5-3-2-4-6-12/h2-6H,7-11H2,1H3,(H,15,16). The second kappa shape index (κ2) is 5.87. The van der Waals surface area contributed by atoms with Crippen LogP contribution in [0.5, 0.6) is 5.75 Å². The molecule has 0 saturated carbocycles. The minimum Gasteiger partial charge on any atom is -0.410 e. The number of para-hydroxylation sites is 1. The van der Waals surface area contributed by atoms with E-state index in [4.69, 9.17) is 9.47 Å². The molecule has 1 aromatic carbocycles. The number of hydrogen-bond acceptors (Lipinski definition) is 3. The number of amides is 1. The van der Waals surface area contributed by atoms with Crippen molar-refractivity contribution in [3.05, 3.63) is 30.3 Å². The number of ether oxygens (including phenoxy) is 2. The van der Waals surface area contributed by atoms with Gasteiger partial charge in [0.1, 0.15) is 5.75 Å². The molecule has 0 radical (unpaired) electrons. The third kappa shape index (κ3) is 3.74. The maximum Gasteiger partial charge on any atom is 0.412 e. The van der Waals surface area contributed by atoms with Gasteiger partial charge < -0.3 is 14.8 Å². The number of benzene rings is 1. The van der Waals surface area contributed by atoms with Crippen LogP contribution in [-0.2, 0) is 4.74 Å². The van der Waals surface area contributed by atoms with Crippen molar-refractivity contribution in [3.8, 4) is 5.75 Å². The SMILES string of the molecule is CC1(CNC(=O)Oc2ccccc2)CCOCC1. The van der Waals surface area contributed by atoms with Gasteiger partial charge in [0.2, 0.25) is 0 Å². The number of carbonyl (C=O) groups is 1. The minimum atomic E-state index is -0.395. The van der Waals surface area contributed by atoms with Gasteiger partial charge in [0.25, 0.3) is 0 Å². The van der Waals surface area contributed by atoms with Crippen LogP contribution in [0.25, 0.3) is 0 Å². The van der Waals surface area contributed by atoms with Crippen LogP contribution in [0.4, 0.5) is 4.79 Å². The Morgan fingerprint density at radius 3 is 2.67 bits per heavy atom. The van der Waals surface area contributed by atoms with Gasteiger partial charge in [-0.3, -0.25) is 0 Å². The van der Waals surface area contributed by atoms with Crippen molar-refractivity contribution in [1.82, 2.24) is 5.32 Å². The first-order chi connectivity index (χ1) is 8.68. The van der Waals surface area contributed by atoms with Crippen LogP contribution in [0.3, 0.4) is 0 Å². The Balaban J connectivity index is 1.78. The summed E-state index contributed by atoms with van der Waals surface area (Å²) in [6.07, 6.45) is 1.55. The molecule has 2 rings (SSSR count). The number of nitrogens with one attached hydrogen (secondary N) is 1. The van der Waals surface area contributed by atoms with E-state index in [9.17, 15) is 4.79 Å². The quantitative estimate of drug-likeness (QED) is 0.895. The van der Waals surface area contributed by atoms with Gasteiger partial charge in [0.05, 0.1) is 0 Å². The molecule has 98 valence electrons. The van der Waals surface area contributed by atoms with Crippen LogP contribution in [0.1, 0.15) is 19.8 Å². The van der Waals surface area contributed by atoms with Gasteiger partial charge in [0, 0.05) is 19.8 Å². The predicted octanol–water partition coefficient (Wildman–Crippen LogP) is 2.59. The third-order valence-electron chi connectivity index (χ3n) is 3.31. The van der Waals surface area contributed by atoms with E-state index in [-0.39, 0.29) is 5.41 Å². The first kappa shape index (κ1) is 12.9. The molecule has 1 aliphatic rings. The summed E-state index contributed by atoms with van der Waals surface area (Å²) in [5.41, 5.74) is 0.119. The number of hydrogen-bond donors (Lipinski definition) is 1. The van der Waals surface area contributed by atoms with E-state index in [2.05, 4.69) is 12.2 Å². The highest BCUT2D eigenvalue weighted by molar-refractivity contribution is 5.70. The number of rotatable bonds is 3. The van der Waals surface area contributed by atoms with Crippen LogP contribution < -0.4 is 10.1 Å². The highest BCUT2D eigenvalue weighted by Gasteiger charge is 2.27. The van der Waals surface area contributed by atoms with Crippen molar-refractivity contribution < 1.29 is 14.3 Å². The smallest absolute Gasteiger partial charge is 0.410 e. The maximum atomic E-state index is 11.6. The Labute approximate surface area is 107 Å². The zero-order valence-corrected chi connectivity index (χ0v) is 10.6. The lowest BCUT2D eigenvalue weighted by atomic mass is 9.82. The van der Waals surface area contributed by atoms with Crippen LogP contribution in [0.2, 0.25) is 0 Å². The molecule has 1 heterocycles.